The first-order valence-corrected chi connectivity index (χ1v) is 8.33. The van der Waals surface area contributed by atoms with Gasteiger partial charge >= 0.3 is 0 Å². The molecule has 23 heavy (non-hydrogen) atoms. The summed E-state index contributed by atoms with van der Waals surface area (Å²) in [6, 6.07) is 12.6. The van der Waals surface area contributed by atoms with Crippen LogP contribution in [0.15, 0.2) is 36.4 Å². The Bertz CT molecular complexity index is 615. The van der Waals surface area contributed by atoms with E-state index >= 15 is 0 Å². The molecule has 0 heterocycles. The van der Waals surface area contributed by atoms with Gasteiger partial charge in [0.2, 0.25) is 0 Å². The van der Waals surface area contributed by atoms with Crippen molar-refractivity contribution in [1.82, 2.24) is 4.42 Å². The smallest absolute Gasteiger partial charge is 0.0822 e. The monoisotopic (exact) mass is 331 g/mol. The lowest BCUT2D eigenvalue weighted by Gasteiger charge is -2.19. The fraction of sp³-hybridized carbons (Fsp3) is 0.368. The first kappa shape index (κ1) is 17.6. The molecule has 4 heteroatoms. The third kappa shape index (κ3) is 4.88. The van der Waals surface area contributed by atoms with E-state index < -0.39 is 0 Å². The summed E-state index contributed by atoms with van der Waals surface area (Å²) in [6.07, 6.45) is 0. The van der Waals surface area contributed by atoms with Crippen molar-refractivity contribution < 1.29 is 0 Å². The van der Waals surface area contributed by atoms with E-state index in [2.05, 4.69) is 74.7 Å². The van der Waals surface area contributed by atoms with Crippen LogP contribution in [0.2, 0.25) is 0 Å². The normalized spacial score (nSPS) is 10.9. The predicted octanol–water partition coefficient (Wildman–Crippen LogP) is 4.86. The van der Waals surface area contributed by atoms with Crippen LogP contribution in [0.3, 0.4) is 0 Å². The molecule has 0 spiro atoms. The van der Waals surface area contributed by atoms with Crippen LogP contribution in [0.25, 0.3) is 0 Å². The molecule has 3 nitrogen and oxygen atoms in total. The van der Waals surface area contributed by atoms with E-state index in [0.29, 0.717) is 6.67 Å². The number of para-hydroxylation sites is 2. The highest BCUT2D eigenvalue weighted by molar-refractivity contribution is 6.13. The highest BCUT2D eigenvalue weighted by atomic mass is 35.5. The molecular weight excluding hydrogens is 306 g/mol. The topological polar surface area (TPSA) is 27.3 Å². The maximum absolute atomic E-state index is 6.31. The molecule has 0 atom stereocenters. The Hall–Kier alpha value is -1.71. The number of nitrogens with one attached hydrogen (secondary N) is 2. The summed E-state index contributed by atoms with van der Waals surface area (Å²) < 4.78 is 1.77. The molecule has 0 aliphatic rings. The van der Waals surface area contributed by atoms with Gasteiger partial charge in [-0.15, -0.1) is 0 Å². The molecule has 0 saturated heterocycles. The van der Waals surface area contributed by atoms with Gasteiger partial charge in [0.25, 0.3) is 0 Å². The van der Waals surface area contributed by atoms with Crippen molar-refractivity contribution in [1.29, 1.82) is 0 Å². The summed E-state index contributed by atoms with van der Waals surface area (Å²) in [5, 5.41) is 6.90. The molecule has 0 aliphatic heterocycles. The van der Waals surface area contributed by atoms with Crippen molar-refractivity contribution in [3.63, 3.8) is 0 Å². The summed E-state index contributed by atoms with van der Waals surface area (Å²) >= 11 is 6.31. The zero-order chi connectivity index (χ0) is 16.8. The van der Waals surface area contributed by atoms with Gasteiger partial charge in [-0.3, -0.25) is 0 Å². The van der Waals surface area contributed by atoms with Crippen molar-refractivity contribution in [2.45, 2.75) is 27.7 Å². The fourth-order valence-electron chi connectivity index (χ4n) is 2.73. The summed E-state index contributed by atoms with van der Waals surface area (Å²) in [4.78, 5) is 0. The summed E-state index contributed by atoms with van der Waals surface area (Å²) in [5.41, 5.74) is 7.38. The minimum Gasteiger partial charge on any atom is -0.383 e. The number of aryl methyl sites for hydroxylation is 4. The lowest BCUT2D eigenvalue weighted by atomic mass is 10.1. The zero-order valence-electron chi connectivity index (χ0n) is 14.4. The SMILES string of the molecule is Cc1cccc(C)c1NCCN(Cl)CNc1c(C)cccc1C. The molecule has 0 unspecified atom stereocenters. The summed E-state index contributed by atoms with van der Waals surface area (Å²) in [5.74, 6) is 0. The Kier molecular flexibility index (Phi) is 6.31. The van der Waals surface area contributed by atoms with E-state index in [9.17, 15) is 0 Å². The van der Waals surface area contributed by atoms with Crippen LogP contribution in [-0.2, 0) is 0 Å². The summed E-state index contributed by atoms with van der Waals surface area (Å²) in [7, 11) is 0. The maximum Gasteiger partial charge on any atom is 0.0822 e. The molecule has 0 saturated carbocycles. The van der Waals surface area contributed by atoms with Gasteiger partial charge in [0.1, 0.15) is 0 Å². The van der Waals surface area contributed by atoms with Gasteiger partial charge in [-0.2, -0.15) is 4.42 Å². The van der Waals surface area contributed by atoms with E-state index in [1.54, 1.807) is 4.42 Å². The number of nitrogens with zero attached hydrogens (tertiary/aromatic N) is 1. The Morgan fingerprint density at radius 1 is 0.783 bits per heavy atom. The van der Waals surface area contributed by atoms with Crippen LogP contribution in [-0.4, -0.2) is 24.2 Å². The minimum absolute atomic E-state index is 0.613. The van der Waals surface area contributed by atoms with Crippen LogP contribution in [0.1, 0.15) is 22.3 Å². The molecule has 0 bridgehead atoms. The third-order valence-electron chi connectivity index (χ3n) is 4.05. The van der Waals surface area contributed by atoms with E-state index in [4.69, 9.17) is 11.8 Å². The Labute approximate surface area is 144 Å². The third-order valence-corrected chi connectivity index (χ3v) is 4.33. The van der Waals surface area contributed by atoms with E-state index in [0.717, 1.165) is 13.1 Å². The van der Waals surface area contributed by atoms with E-state index in [1.165, 1.54) is 33.6 Å². The quantitative estimate of drug-likeness (QED) is 0.560. The first-order chi connectivity index (χ1) is 11.0. The molecule has 2 aromatic rings. The molecule has 0 aliphatic carbocycles. The number of hydrogen-bond donors (Lipinski definition) is 2. The van der Waals surface area contributed by atoms with Crippen molar-refractivity contribution in [2.75, 3.05) is 30.4 Å². The number of halogens is 1. The molecule has 124 valence electrons. The lowest BCUT2D eigenvalue weighted by Crippen LogP contribution is -2.26. The molecule has 2 rings (SSSR count). The Morgan fingerprint density at radius 3 is 1.70 bits per heavy atom. The second-order valence-electron chi connectivity index (χ2n) is 5.98. The van der Waals surface area contributed by atoms with Crippen LogP contribution in [0.4, 0.5) is 11.4 Å². The number of hydrogen-bond acceptors (Lipinski definition) is 3. The first-order valence-electron chi connectivity index (χ1n) is 8.00. The van der Waals surface area contributed by atoms with Crippen molar-refractivity contribution in [3.05, 3.63) is 58.7 Å². The van der Waals surface area contributed by atoms with Crippen molar-refractivity contribution in [2.24, 2.45) is 0 Å². The van der Waals surface area contributed by atoms with Gasteiger partial charge in [0.15, 0.2) is 0 Å². The van der Waals surface area contributed by atoms with Crippen molar-refractivity contribution in [3.8, 4) is 0 Å². The standard InChI is InChI=1S/C19H26ClN3/c1-14-7-5-8-15(2)18(14)21-11-12-23(20)13-22-19-16(3)9-6-10-17(19)4/h5-10,21-22H,11-13H2,1-4H3. The highest BCUT2D eigenvalue weighted by Gasteiger charge is 2.06. The van der Waals surface area contributed by atoms with Crippen LogP contribution in [0.5, 0.6) is 0 Å². The molecule has 0 aromatic heterocycles. The second-order valence-corrected chi connectivity index (χ2v) is 6.46. The fourth-order valence-corrected chi connectivity index (χ4v) is 2.88. The van der Waals surface area contributed by atoms with Gasteiger partial charge in [0.05, 0.1) is 6.67 Å². The minimum atomic E-state index is 0.613. The average Bonchev–Trinajstić information content (AvgIpc) is 2.50. The van der Waals surface area contributed by atoms with Crippen molar-refractivity contribution >= 4 is 23.2 Å². The molecule has 0 radical (unpaired) electrons. The van der Waals surface area contributed by atoms with Gasteiger partial charge in [-0.25, -0.2) is 0 Å². The number of anilines is 2. The predicted molar refractivity (Wildman–Crippen MR) is 101 cm³/mol. The summed E-state index contributed by atoms with van der Waals surface area (Å²) in [6.45, 7) is 10.6. The molecule has 2 aromatic carbocycles. The zero-order valence-corrected chi connectivity index (χ0v) is 15.2. The largest absolute Gasteiger partial charge is 0.383 e. The highest BCUT2D eigenvalue weighted by Crippen LogP contribution is 2.20. The van der Waals surface area contributed by atoms with Crippen LogP contribution >= 0.6 is 11.8 Å². The molecule has 0 amide bonds. The van der Waals surface area contributed by atoms with Crippen LogP contribution in [0, 0.1) is 27.7 Å². The van der Waals surface area contributed by atoms with Gasteiger partial charge < -0.3 is 10.6 Å². The average molecular weight is 332 g/mol. The number of rotatable bonds is 7. The second kappa shape index (κ2) is 8.23. The lowest BCUT2D eigenvalue weighted by molar-refractivity contribution is 0.503. The number of benzene rings is 2. The van der Waals surface area contributed by atoms with E-state index in [-0.39, 0.29) is 0 Å². The van der Waals surface area contributed by atoms with Gasteiger partial charge in [-0.05, 0) is 61.7 Å². The van der Waals surface area contributed by atoms with E-state index in [1.807, 2.05) is 0 Å². The van der Waals surface area contributed by atoms with Gasteiger partial charge in [-0.1, -0.05) is 36.4 Å². The van der Waals surface area contributed by atoms with Gasteiger partial charge in [0, 0.05) is 24.5 Å². The molecular formula is C19H26ClN3. The molecule has 0 fully saturated rings. The Balaban J connectivity index is 1.81. The Morgan fingerprint density at radius 2 is 1.22 bits per heavy atom. The maximum atomic E-state index is 6.31. The van der Waals surface area contributed by atoms with Crippen LogP contribution < -0.4 is 10.6 Å². The molecule has 2 N–H and O–H groups in total.